The molecular formula is C29H31ClN2O6. The maximum absolute atomic E-state index is 12.8. The topological polar surface area (TPSA) is 94.2 Å². The van der Waals surface area contributed by atoms with Crippen LogP contribution in [0.1, 0.15) is 42.3 Å². The Hall–Kier alpha value is -4.04. The molecule has 0 aliphatic heterocycles. The minimum atomic E-state index is -0.342. The summed E-state index contributed by atoms with van der Waals surface area (Å²) in [5.74, 6) is 0.615. The fourth-order valence-electron chi connectivity index (χ4n) is 3.74. The summed E-state index contributed by atoms with van der Waals surface area (Å²) < 4.78 is 16.8. The molecule has 3 aromatic carbocycles. The predicted molar refractivity (Wildman–Crippen MR) is 146 cm³/mol. The lowest BCUT2D eigenvalue weighted by molar-refractivity contribution is -0.142. The van der Waals surface area contributed by atoms with Crippen molar-refractivity contribution in [2.75, 3.05) is 25.6 Å². The molecule has 0 fully saturated rings. The van der Waals surface area contributed by atoms with Gasteiger partial charge < -0.3 is 24.4 Å². The number of carbonyl (C=O) groups is 3. The molecule has 9 heteroatoms. The second-order valence-corrected chi connectivity index (χ2v) is 8.82. The first kappa shape index (κ1) is 28.5. The number of amides is 2. The number of rotatable bonds is 11. The molecule has 0 atom stereocenters. The SMILES string of the molecule is CCOC(=O)Cc1ccc(OC)c(Oc2ccc(NC(=O)c3ccc(Cl)cc3)cc2CN(CC)C(C)=O)c1. The molecule has 1 N–H and O–H groups in total. The number of carbonyl (C=O) groups excluding carboxylic acids is 3. The van der Waals surface area contributed by atoms with Crippen molar-refractivity contribution in [3.63, 3.8) is 0 Å². The van der Waals surface area contributed by atoms with E-state index in [4.69, 9.17) is 25.8 Å². The molecule has 0 saturated carbocycles. The second kappa shape index (κ2) is 13.5. The Bertz CT molecular complexity index is 1290. The van der Waals surface area contributed by atoms with Crippen molar-refractivity contribution < 1.29 is 28.6 Å². The van der Waals surface area contributed by atoms with Gasteiger partial charge in [-0.15, -0.1) is 0 Å². The average molecular weight is 539 g/mol. The quantitative estimate of drug-likeness (QED) is 0.307. The summed E-state index contributed by atoms with van der Waals surface area (Å²) in [6.07, 6.45) is 0.0880. The van der Waals surface area contributed by atoms with Crippen LogP contribution in [0.15, 0.2) is 60.7 Å². The third kappa shape index (κ3) is 7.73. The summed E-state index contributed by atoms with van der Waals surface area (Å²) in [7, 11) is 1.53. The van der Waals surface area contributed by atoms with Gasteiger partial charge in [-0.25, -0.2) is 0 Å². The number of nitrogens with one attached hydrogen (secondary N) is 1. The Kier molecular flexibility index (Phi) is 10.1. The molecule has 200 valence electrons. The molecule has 0 heterocycles. The number of anilines is 1. The lowest BCUT2D eigenvalue weighted by atomic mass is 10.1. The number of halogens is 1. The van der Waals surface area contributed by atoms with Crippen molar-refractivity contribution in [2.24, 2.45) is 0 Å². The van der Waals surface area contributed by atoms with Crippen molar-refractivity contribution in [2.45, 2.75) is 33.7 Å². The first-order valence-corrected chi connectivity index (χ1v) is 12.6. The molecule has 3 aromatic rings. The van der Waals surface area contributed by atoms with E-state index in [1.807, 2.05) is 6.92 Å². The highest BCUT2D eigenvalue weighted by molar-refractivity contribution is 6.30. The minimum Gasteiger partial charge on any atom is -0.493 e. The molecule has 2 amide bonds. The van der Waals surface area contributed by atoms with Gasteiger partial charge >= 0.3 is 5.97 Å². The third-order valence-electron chi connectivity index (χ3n) is 5.71. The van der Waals surface area contributed by atoms with Crippen LogP contribution in [0.2, 0.25) is 5.02 Å². The van der Waals surface area contributed by atoms with Gasteiger partial charge in [-0.1, -0.05) is 17.7 Å². The summed E-state index contributed by atoms with van der Waals surface area (Å²) in [6, 6.07) is 17.0. The van der Waals surface area contributed by atoms with Gasteiger partial charge in [0.1, 0.15) is 5.75 Å². The number of hydrogen-bond acceptors (Lipinski definition) is 6. The smallest absolute Gasteiger partial charge is 0.310 e. The summed E-state index contributed by atoms with van der Waals surface area (Å²) in [5, 5.41) is 3.42. The van der Waals surface area contributed by atoms with Gasteiger partial charge in [0.25, 0.3) is 5.91 Å². The monoisotopic (exact) mass is 538 g/mol. The summed E-state index contributed by atoms with van der Waals surface area (Å²) >= 11 is 5.93. The molecule has 0 radical (unpaired) electrons. The molecule has 0 spiro atoms. The lowest BCUT2D eigenvalue weighted by Gasteiger charge is -2.22. The van der Waals surface area contributed by atoms with Crippen LogP contribution in [0.25, 0.3) is 0 Å². The Morgan fingerprint density at radius 2 is 1.63 bits per heavy atom. The van der Waals surface area contributed by atoms with Crippen LogP contribution in [0.3, 0.4) is 0 Å². The largest absolute Gasteiger partial charge is 0.493 e. The second-order valence-electron chi connectivity index (χ2n) is 8.39. The molecule has 0 unspecified atom stereocenters. The number of hydrogen-bond donors (Lipinski definition) is 1. The van der Waals surface area contributed by atoms with Crippen LogP contribution in [0, 0.1) is 0 Å². The minimum absolute atomic E-state index is 0.0880. The van der Waals surface area contributed by atoms with E-state index in [0.29, 0.717) is 57.8 Å². The number of nitrogens with zero attached hydrogens (tertiary/aromatic N) is 1. The van der Waals surface area contributed by atoms with Crippen LogP contribution < -0.4 is 14.8 Å². The Labute approximate surface area is 227 Å². The molecule has 8 nitrogen and oxygen atoms in total. The van der Waals surface area contributed by atoms with E-state index in [0.717, 1.165) is 0 Å². The molecule has 0 bridgehead atoms. The molecule has 0 aromatic heterocycles. The standard InChI is InChI=1S/C29H31ClN2O6/c1-5-32(19(3)33)18-22-17-24(31-29(35)21-8-10-23(30)11-9-21)12-14-25(22)38-27-15-20(7-13-26(27)36-4)16-28(34)37-6-2/h7-15,17H,5-6,16,18H2,1-4H3,(H,31,35). The average Bonchev–Trinajstić information content (AvgIpc) is 2.89. The van der Waals surface area contributed by atoms with Gasteiger partial charge in [0.15, 0.2) is 11.5 Å². The van der Waals surface area contributed by atoms with Crippen molar-refractivity contribution >= 4 is 35.1 Å². The van der Waals surface area contributed by atoms with E-state index < -0.39 is 0 Å². The van der Waals surface area contributed by atoms with E-state index in [1.165, 1.54) is 14.0 Å². The number of methoxy groups -OCH3 is 1. The van der Waals surface area contributed by atoms with Crippen LogP contribution in [-0.4, -0.2) is 42.9 Å². The number of benzene rings is 3. The van der Waals surface area contributed by atoms with Gasteiger partial charge in [-0.2, -0.15) is 0 Å². The zero-order chi connectivity index (χ0) is 27.7. The summed E-state index contributed by atoms with van der Waals surface area (Å²) in [5.41, 5.74) is 2.37. The normalized spacial score (nSPS) is 10.4. The van der Waals surface area contributed by atoms with E-state index in [2.05, 4.69) is 5.32 Å². The highest BCUT2D eigenvalue weighted by Crippen LogP contribution is 2.36. The maximum atomic E-state index is 12.8. The Balaban J connectivity index is 1.94. The first-order valence-electron chi connectivity index (χ1n) is 12.2. The van der Waals surface area contributed by atoms with Crippen LogP contribution in [0.4, 0.5) is 5.69 Å². The van der Waals surface area contributed by atoms with E-state index in [9.17, 15) is 14.4 Å². The zero-order valence-electron chi connectivity index (χ0n) is 21.9. The first-order chi connectivity index (χ1) is 18.2. The third-order valence-corrected chi connectivity index (χ3v) is 5.97. The van der Waals surface area contributed by atoms with Gasteiger partial charge in [0.2, 0.25) is 5.91 Å². The van der Waals surface area contributed by atoms with Crippen LogP contribution in [0.5, 0.6) is 17.2 Å². The van der Waals surface area contributed by atoms with Gasteiger partial charge in [0.05, 0.1) is 20.1 Å². The highest BCUT2D eigenvalue weighted by Gasteiger charge is 2.17. The molecule has 38 heavy (non-hydrogen) atoms. The Morgan fingerprint density at radius 3 is 2.26 bits per heavy atom. The molecule has 0 aliphatic carbocycles. The highest BCUT2D eigenvalue weighted by atomic mass is 35.5. The predicted octanol–water partition coefficient (Wildman–Crippen LogP) is 5.87. The number of ether oxygens (including phenoxy) is 3. The fourth-order valence-corrected chi connectivity index (χ4v) is 3.87. The zero-order valence-corrected chi connectivity index (χ0v) is 22.6. The Morgan fingerprint density at radius 1 is 0.921 bits per heavy atom. The molecule has 3 rings (SSSR count). The van der Waals surface area contributed by atoms with E-state index in [-0.39, 0.29) is 30.7 Å². The van der Waals surface area contributed by atoms with E-state index >= 15 is 0 Å². The van der Waals surface area contributed by atoms with Crippen molar-refractivity contribution in [3.8, 4) is 17.2 Å². The summed E-state index contributed by atoms with van der Waals surface area (Å²) in [4.78, 5) is 38.6. The van der Waals surface area contributed by atoms with Crippen molar-refractivity contribution in [1.82, 2.24) is 4.90 Å². The van der Waals surface area contributed by atoms with Crippen LogP contribution >= 0.6 is 11.6 Å². The maximum Gasteiger partial charge on any atom is 0.310 e. The molecule has 0 saturated heterocycles. The van der Waals surface area contributed by atoms with Gasteiger partial charge in [0, 0.05) is 41.9 Å². The number of esters is 1. The van der Waals surface area contributed by atoms with Gasteiger partial charge in [-0.3, -0.25) is 14.4 Å². The molecular weight excluding hydrogens is 508 g/mol. The van der Waals surface area contributed by atoms with E-state index in [1.54, 1.807) is 72.5 Å². The van der Waals surface area contributed by atoms with Crippen molar-refractivity contribution in [1.29, 1.82) is 0 Å². The van der Waals surface area contributed by atoms with Crippen molar-refractivity contribution in [3.05, 3.63) is 82.4 Å². The van der Waals surface area contributed by atoms with Gasteiger partial charge in [-0.05, 0) is 74.0 Å². The van der Waals surface area contributed by atoms with Crippen LogP contribution in [-0.2, 0) is 27.3 Å². The molecule has 0 aliphatic rings. The lowest BCUT2D eigenvalue weighted by Crippen LogP contribution is -2.28. The fraction of sp³-hybridized carbons (Fsp3) is 0.276. The summed E-state index contributed by atoms with van der Waals surface area (Å²) in [6.45, 7) is 6.19.